The molecule has 8 nitrogen and oxygen atoms in total. The zero-order valence-electron chi connectivity index (χ0n) is 10.3. The van der Waals surface area contributed by atoms with Crippen molar-refractivity contribution < 1.29 is 14.5 Å². The van der Waals surface area contributed by atoms with Gasteiger partial charge < -0.3 is 10.1 Å². The van der Waals surface area contributed by atoms with Gasteiger partial charge in [0, 0.05) is 19.5 Å². The van der Waals surface area contributed by atoms with E-state index < -0.39 is 12.0 Å². The molecule has 0 unspecified atom stereocenters. The van der Waals surface area contributed by atoms with Crippen LogP contribution in [0.25, 0.3) is 0 Å². The minimum absolute atomic E-state index is 0.387. The second kappa shape index (κ2) is 4.47. The first-order valence-corrected chi connectivity index (χ1v) is 5.91. The van der Waals surface area contributed by atoms with E-state index in [1.54, 1.807) is 13.3 Å². The number of carbonyl (C=O) groups is 1. The molecule has 0 saturated heterocycles. The van der Waals surface area contributed by atoms with Crippen molar-refractivity contribution in [2.45, 2.75) is 32.5 Å². The second-order valence-electron chi connectivity index (χ2n) is 4.59. The lowest BCUT2D eigenvalue weighted by Gasteiger charge is -2.31. The number of aromatic nitrogens is 4. The summed E-state index contributed by atoms with van der Waals surface area (Å²) in [4.78, 5) is 20.4. The third kappa shape index (κ3) is 2.10. The first-order chi connectivity index (χ1) is 9.15. The molecule has 3 rings (SSSR count). The molecule has 0 spiro atoms. The maximum absolute atomic E-state index is 11.4. The lowest BCUT2D eigenvalue weighted by molar-refractivity contribution is -0.144. The summed E-state index contributed by atoms with van der Waals surface area (Å²) in [6.07, 6.45) is 1.98. The number of rotatable bonds is 3. The lowest BCUT2D eigenvalue weighted by Crippen LogP contribution is -2.45. The SMILES string of the molecule is Cc1nonc1CN1Cc2[nH]cnc2C[C@@H]1C(=O)O. The van der Waals surface area contributed by atoms with Crippen LogP contribution in [0.4, 0.5) is 0 Å². The lowest BCUT2D eigenvalue weighted by atomic mass is 10.0. The number of fused-ring (bicyclic) bond motifs is 1. The quantitative estimate of drug-likeness (QED) is 0.809. The van der Waals surface area contributed by atoms with E-state index in [0.29, 0.717) is 30.9 Å². The van der Waals surface area contributed by atoms with Crippen LogP contribution in [-0.4, -0.2) is 42.3 Å². The number of imidazole rings is 1. The van der Waals surface area contributed by atoms with Gasteiger partial charge in [-0.3, -0.25) is 9.69 Å². The zero-order chi connectivity index (χ0) is 13.4. The van der Waals surface area contributed by atoms with Crippen molar-refractivity contribution in [2.24, 2.45) is 0 Å². The molecule has 2 aromatic rings. The van der Waals surface area contributed by atoms with Crippen LogP contribution in [0.15, 0.2) is 11.0 Å². The minimum Gasteiger partial charge on any atom is -0.480 e. The van der Waals surface area contributed by atoms with Gasteiger partial charge in [-0.25, -0.2) is 9.61 Å². The number of carboxylic acids is 1. The third-order valence-corrected chi connectivity index (χ3v) is 3.38. The van der Waals surface area contributed by atoms with Crippen LogP contribution in [0.5, 0.6) is 0 Å². The number of carboxylic acid groups (broad SMARTS) is 1. The van der Waals surface area contributed by atoms with Crippen LogP contribution in [0.2, 0.25) is 0 Å². The van der Waals surface area contributed by atoms with Gasteiger partial charge in [0.05, 0.1) is 17.7 Å². The highest BCUT2D eigenvalue weighted by Crippen LogP contribution is 2.22. The Balaban J connectivity index is 1.86. The van der Waals surface area contributed by atoms with E-state index in [1.807, 2.05) is 4.90 Å². The number of H-pyrrole nitrogens is 1. The molecule has 1 aliphatic rings. The number of nitrogens with one attached hydrogen (secondary N) is 1. The van der Waals surface area contributed by atoms with Crippen molar-refractivity contribution in [1.29, 1.82) is 0 Å². The predicted octanol–water partition coefficient (Wildman–Crippen LogP) is 0.113. The fourth-order valence-corrected chi connectivity index (χ4v) is 2.28. The molecule has 2 aromatic heterocycles. The highest BCUT2D eigenvalue weighted by molar-refractivity contribution is 5.74. The molecule has 2 N–H and O–H groups in total. The second-order valence-corrected chi connectivity index (χ2v) is 4.59. The molecule has 3 heterocycles. The molecule has 19 heavy (non-hydrogen) atoms. The topological polar surface area (TPSA) is 108 Å². The summed E-state index contributed by atoms with van der Waals surface area (Å²) in [5, 5.41) is 16.8. The highest BCUT2D eigenvalue weighted by atomic mass is 16.6. The Morgan fingerprint density at radius 3 is 3.16 bits per heavy atom. The van der Waals surface area contributed by atoms with Crippen molar-refractivity contribution in [3.8, 4) is 0 Å². The summed E-state index contributed by atoms with van der Waals surface area (Å²) in [7, 11) is 0. The smallest absolute Gasteiger partial charge is 0.321 e. The van der Waals surface area contributed by atoms with Crippen molar-refractivity contribution in [3.05, 3.63) is 29.1 Å². The minimum atomic E-state index is -0.859. The Hall–Kier alpha value is -2.22. The number of hydrogen-bond donors (Lipinski definition) is 2. The van der Waals surface area contributed by atoms with Crippen molar-refractivity contribution in [3.63, 3.8) is 0 Å². The Morgan fingerprint density at radius 1 is 1.63 bits per heavy atom. The molecular weight excluding hydrogens is 250 g/mol. The molecule has 8 heteroatoms. The molecule has 0 aromatic carbocycles. The Bertz CT molecular complexity index is 605. The number of aromatic amines is 1. The zero-order valence-corrected chi connectivity index (χ0v) is 10.3. The van der Waals surface area contributed by atoms with E-state index in [9.17, 15) is 9.90 Å². The Morgan fingerprint density at radius 2 is 2.47 bits per heavy atom. The van der Waals surface area contributed by atoms with Gasteiger partial charge in [0.25, 0.3) is 0 Å². The summed E-state index contributed by atoms with van der Waals surface area (Å²) in [5.41, 5.74) is 3.11. The highest BCUT2D eigenvalue weighted by Gasteiger charge is 2.33. The average molecular weight is 263 g/mol. The van der Waals surface area contributed by atoms with E-state index in [0.717, 1.165) is 11.4 Å². The Labute approximate surface area is 108 Å². The maximum Gasteiger partial charge on any atom is 0.321 e. The van der Waals surface area contributed by atoms with Gasteiger partial charge in [0.1, 0.15) is 17.4 Å². The van der Waals surface area contributed by atoms with Crippen LogP contribution in [0.1, 0.15) is 22.8 Å². The maximum atomic E-state index is 11.4. The molecule has 1 aliphatic heterocycles. The van der Waals surface area contributed by atoms with E-state index in [4.69, 9.17) is 0 Å². The molecule has 0 fully saturated rings. The molecule has 100 valence electrons. The van der Waals surface area contributed by atoms with Gasteiger partial charge in [-0.2, -0.15) is 0 Å². The normalized spacial score (nSPS) is 19.3. The van der Waals surface area contributed by atoms with E-state index >= 15 is 0 Å². The van der Waals surface area contributed by atoms with E-state index in [2.05, 4.69) is 24.9 Å². The standard InChI is InChI=1S/C11H13N5O3/c1-6-8(15-19-14-6)3-16-4-9-7(12-5-13-9)2-10(16)11(17)18/h5,10H,2-4H2,1H3,(H,12,13)(H,17,18)/t10-/m1/s1. The van der Waals surface area contributed by atoms with Gasteiger partial charge >= 0.3 is 5.97 Å². The molecule has 0 aliphatic carbocycles. The van der Waals surface area contributed by atoms with Gasteiger partial charge in [-0.15, -0.1) is 0 Å². The largest absolute Gasteiger partial charge is 0.480 e. The fourth-order valence-electron chi connectivity index (χ4n) is 2.28. The molecule has 0 saturated carbocycles. The molecular formula is C11H13N5O3. The molecule has 0 amide bonds. The fraction of sp³-hybridized carbons (Fsp3) is 0.455. The van der Waals surface area contributed by atoms with Crippen LogP contribution >= 0.6 is 0 Å². The van der Waals surface area contributed by atoms with Gasteiger partial charge in [0.2, 0.25) is 0 Å². The summed E-state index contributed by atoms with van der Waals surface area (Å²) in [6.45, 7) is 2.68. The summed E-state index contributed by atoms with van der Waals surface area (Å²) < 4.78 is 4.64. The van der Waals surface area contributed by atoms with E-state index in [-0.39, 0.29) is 0 Å². The number of nitrogens with zero attached hydrogens (tertiary/aromatic N) is 4. The van der Waals surface area contributed by atoms with Crippen molar-refractivity contribution in [2.75, 3.05) is 0 Å². The molecule has 0 bridgehead atoms. The first kappa shape index (κ1) is 11.8. The Kier molecular flexibility index (Phi) is 2.79. The van der Waals surface area contributed by atoms with Gasteiger partial charge in [-0.1, -0.05) is 10.3 Å². The molecule has 1 atom stereocenters. The predicted molar refractivity (Wildman–Crippen MR) is 62.0 cm³/mol. The van der Waals surface area contributed by atoms with Crippen molar-refractivity contribution >= 4 is 5.97 Å². The van der Waals surface area contributed by atoms with E-state index in [1.165, 1.54) is 0 Å². The van der Waals surface area contributed by atoms with Crippen LogP contribution in [-0.2, 0) is 24.3 Å². The van der Waals surface area contributed by atoms with Gasteiger partial charge in [0.15, 0.2) is 0 Å². The summed E-state index contributed by atoms with van der Waals surface area (Å²) in [6, 6.07) is -0.605. The monoisotopic (exact) mass is 263 g/mol. The summed E-state index contributed by atoms with van der Waals surface area (Å²) in [5.74, 6) is -0.859. The summed E-state index contributed by atoms with van der Waals surface area (Å²) >= 11 is 0. The van der Waals surface area contributed by atoms with Crippen molar-refractivity contribution in [1.82, 2.24) is 25.2 Å². The van der Waals surface area contributed by atoms with Crippen LogP contribution < -0.4 is 0 Å². The average Bonchev–Trinajstić information content (AvgIpc) is 2.97. The van der Waals surface area contributed by atoms with Crippen LogP contribution in [0.3, 0.4) is 0 Å². The number of aliphatic carboxylic acids is 1. The first-order valence-electron chi connectivity index (χ1n) is 5.91. The third-order valence-electron chi connectivity index (χ3n) is 3.38. The van der Waals surface area contributed by atoms with Crippen LogP contribution in [0, 0.1) is 6.92 Å². The molecule has 0 radical (unpaired) electrons. The van der Waals surface area contributed by atoms with Gasteiger partial charge in [-0.05, 0) is 6.92 Å². The number of hydrogen-bond acceptors (Lipinski definition) is 6. The number of aryl methyl sites for hydroxylation is 1.